The average molecular weight is 521 g/mol. The molecule has 0 bridgehead atoms. The van der Waals surface area contributed by atoms with Crippen molar-refractivity contribution in [3.8, 4) is 5.75 Å². The Labute approximate surface area is 212 Å². The van der Waals surface area contributed by atoms with Gasteiger partial charge in [0.25, 0.3) is 5.91 Å². The summed E-state index contributed by atoms with van der Waals surface area (Å²) in [6, 6.07) is 11.0. The maximum absolute atomic E-state index is 13.0. The molecule has 0 spiro atoms. The van der Waals surface area contributed by atoms with Crippen molar-refractivity contribution >= 4 is 58.9 Å². The first-order valence-electron chi connectivity index (χ1n) is 10.3. The van der Waals surface area contributed by atoms with Crippen LogP contribution in [0.25, 0.3) is 10.9 Å². The van der Waals surface area contributed by atoms with Crippen molar-refractivity contribution in [2.45, 2.75) is 26.3 Å². The Kier molecular flexibility index (Phi) is 9.73. The SMILES string of the molecule is CC(=O)N[C@H](CS)C(=O)O.COc1ccc2c(c1)c(CC(=O)O)c(C)n2C(=O)c1ccc(Cl)cc1. The van der Waals surface area contributed by atoms with E-state index in [1.165, 1.54) is 11.5 Å². The molecule has 2 aromatic carbocycles. The molecule has 3 rings (SSSR count). The molecule has 186 valence electrons. The number of nitrogens with zero attached hydrogens (tertiary/aromatic N) is 1. The summed E-state index contributed by atoms with van der Waals surface area (Å²) in [6.45, 7) is 3.01. The van der Waals surface area contributed by atoms with Crippen LogP contribution in [0.5, 0.6) is 5.75 Å². The third-order valence-corrected chi connectivity index (χ3v) is 5.64. The van der Waals surface area contributed by atoms with Crippen LogP contribution in [0.3, 0.4) is 0 Å². The minimum atomic E-state index is -1.06. The lowest BCUT2D eigenvalue weighted by Crippen LogP contribution is -2.40. The van der Waals surface area contributed by atoms with Gasteiger partial charge in [-0.3, -0.25) is 19.0 Å². The Morgan fingerprint density at radius 3 is 2.20 bits per heavy atom. The normalized spacial score (nSPS) is 11.2. The van der Waals surface area contributed by atoms with Gasteiger partial charge in [-0.15, -0.1) is 0 Å². The molecular weight excluding hydrogens is 496 g/mol. The van der Waals surface area contributed by atoms with E-state index in [0.717, 1.165) is 0 Å². The maximum Gasteiger partial charge on any atom is 0.327 e. The number of thiol groups is 1. The van der Waals surface area contributed by atoms with Crippen LogP contribution in [0.15, 0.2) is 42.5 Å². The lowest BCUT2D eigenvalue weighted by molar-refractivity contribution is -0.140. The lowest BCUT2D eigenvalue weighted by atomic mass is 10.1. The number of benzene rings is 2. The van der Waals surface area contributed by atoms with Gasteiger partial charge in [0.05, 0.1) is 19.0 Å². The van der Waals surface area contributed by atoms with E-state index < -0.39 is 18.0 Å². The number of methoxy groups -OCH3 is 1. The topological polar surface area (TPSA) is 135 Å². The molecule has 35 heavy (non-hydrogen) atoms. The first kappa shape index (κ1) is 27.7. The number of carboxylic acid groups (broad SMARTS) is 2. The number of nitrogens with one attached hydrogen (secondary N) is 1. The summed E-state index contributed by atoms with van der Waals surface area (Å²) in [6.07, 6.45) is -0.170. The van der Waals surface area contributed by atoms with Crippen molar-refractivity contribution in [1.82, 2.24) is 9.88 Å². The standard InChI is InChI=1S/C19H16ClNO4.C5H9NO3S/c1-11-15(10-18(22)23)16-9-14(25-2)7-8-17(16)21(11)19(24)12-3-5-13(20)6-4-12;1-3(7)6-4(2-10)5(8)9/h3-9H,10H2,1-2H3,(H,22,23);4,10H,2H2,1H3,(H,6,7)(H,8,9)/t;4-/m.1/s1. The number of aromatic nitrogens is 1. The number of hydrogen-bond acceptors (Lipinski definition) is 6. The van der Waals surface area contributed by atoms with Crippen LogP contribution in [0.4, 0.5) is 0 Å². The fourth-order valence-electron chi connectivity index (χ4n) is 3.38. The summed E-state index contributed by atoms with van der Waals surface area (Å²) < 4.78 is 6.77. The fraction of sp³-hybridized carbons (Fsp3) is 0.250. The third-order valence-electron chi connectivity index (χ3n) is 5.02. The number of hydrogen-bond donors (Lipinski definition) is 4. The van der Waals surface area contributed by atoms with E-state index in [-0.39, 0.29) is 24.0 Å². The minimum absolute atomic E-state index is 0.106. The van der Waals surface area contributed by atoms with Gasteiger partial charge >= 0.3 is 11.9 Å². The summed E-state index contributed by atoms with van der Waals surface area (Å²) in [7, 11) is 1.54. The van der Waals surface area contributed by atoms with Crippen molar-refractivity contribution in [3.63, 3.8) is 0 Å². The second-order valence-corrected chi connectivity index (χ2v) is 8.24. The molecule has 0 aliphatic heterocycles. The second-order valence-electron chi connectivity index (χ2n) is 7.44. The summed E-state index contributed by atoms with van der Waals surface area (Å²) in [4.78, 5) is 44.8. The van der Waals surface area contributed by atoms with E-state index in [2.05, 4.69) is 17.9 Å². The number of carbonyl (C=O) groups excluding carboxylic acids is 2. The molecule has 1 aromatic heterocycles. The monoisotopic (exact) mass is 520 g/mol. The van der Waals surface area contributed by atoms with Gasteiger partial charge in [0, 0.05) is 34.3 Å². The van der Waals surface area contributed by atoms with Crippen LogP contribution in [-0.4, -0.2) is 57.4 Å². The Bertz CT molecular complexity index is 1250. The lowest BCUT2D eigenvalue weighted by Gasteiger charge is -2.08. The van der Waals surface area contributed by atoms with E-state index in [0.29, 0.717) is 38.5 Å². The molecule has 0 aliphatic carbocycles. The summed E-state index contributed by atoms with van der Waals surface area (Å²) in [5.74, 6) is -1.90. The molecule has 3 aromatic rings. The van der Waals surface area contributed by atoms with Gasteiger partial charge in [-0.1, -0.05) is 11.6 Å². The van der Waals surface area contributed by atoms with E-state index >= 15 is 0 Å². The maximum atomic E-state index is 13.0. The number of aliphatic carboxylic acids is 2. The molecule has 1 atom stereocenters. The smallest absolute Gasteiger partial charge is 0.327 e. The van der Waals surface area contributed by atoms with Crippen LogP contribution in [0.1, 0.15) is 28.5 Å². The van der Waals surface area contributed by atoms with Crippen LogP contribution in [-0.2, 0) is 20.8 Å². The predicted molar refractivity (Wildman–Crippen MR) is 135 cm³/mol. The van der Waals surface area contributed by atoms with Gasteiger partial charge < -0.3 is 20.3 Å². The van der Waals surface area contributed by atoms with Crippen molar-refractivity contribution in [2.75, 3.05) is 12.9 Å². The highest BCUT2D eigenvalue weighted by Crippen LogP contribution is 2.30. The molecule has 0 saturated carbocycles. The summed E-state index contributed by atoms with van der Waals surface area (Å²) in [5.41, 5.74) is 2.32. The zero-order valence-electron chi connectivity index (χ0n) is 19.2. The molecule has 0 radical (unpaired) electrons. The van der Waals surface area contributed by atoms with E-state index in [9.17, 15) is 24.3 Å². The van der Waals surface area contributed by atoms with Gasteiger partial charge in [0.15, 0.2) is 0 Å². The first-order valence-corrected chi connectivity index (χ1v) is 11.3. The van der Waals surface area contributed by atoms with E-state index in [4.69, 9.17) is 21.4 Å². The molecule has 9 nitrogen and oxygen atoms in total. The minimum Gasteiger partial charge on any atom is -0.497 e. The van der Waals surface area contributed by atoms with Gasteiger partial charge in [-0.2, -0.15) is 12.6 Å². The van der Waals surface area contributed by atoms with Crippen molar-refractivity contribution in [1.29, 1.82) is 0 Å². The number of amides is 1. The summed E-state index contributed by atoms with van der Waals surface area (Å²) >= 11 is 9.62. The highest BCUT2D eigenvalue weighted by atomic mass is 35.5. The third kappa shape index (κ3) is 7.00. The quantitative estimate of drug-likeness (QED) is 0.350. The Morgan fingerprint density at radius 1 is 1.11 bits per heavy atom. The highest BCUT2D eigenvalue weighted by molar-refractivity contribution is 7.80. The highest BCUT2D eigenvalue weighted by Gasteiger charge is 2.21. The number of halogens is 1. The van der Waals surface area contributed by atoms with Gasteiger partial charge in [-0.25, -0.2) is 4.79 Å². The number of carboxylic acids is 2. The Hall–Kier alpha value is -3.50. The number of ether oxygens (including phenoxy) is 1. The zero-order chi connectivity index (χ0) is 26.3. The Morgan fingerprint density at radius 2 is 1.74 bits per heavy atom. The van der Waals surface area contributed by atoms with Crippen LogP contribution < -0.4 is 10.1 Å². The van der Waals surface area contributed by atoms with Gasteiger partial charge in [-0.05, 0) is 55.0 Å². The zero-order valence-corrected chi connectivity index (χ0v) is 20.9. The van der Waals surface area contributed by atoms with E-state index in [1.807, 2.05) is 0 Å². The number of fused-ring (bicyclic) bond motifs is 1. The van der Waals surface area contributed by atoms with Crippen LogP contribution in [0.2, 0.25) is 5.02 Å². The van der Waals surface area contributed by atoms with Gasteiger partial charge in [0.1, 0.15) is 11.8 Å². The second kappa shape index (κ2) is 12.3. The molecular formula is C24H25ClN2O7S. The molecule has 0 fully saturated rings. The molecule has 0 unspecified atom stereocenters. The Balaban J connectivity index is 0.000000367. The van der Waals surface area contributed by atoms with E-state index in [1.54, 1.807) is 56.5 Å². The van der Waals surface area contributed by atoms with Crippen molar-refractivity contribution < 1.29 is 34.1 Å². The van der Waals surface area contributed by atoms with Crippen molar-refractivity contribution in [3.05, 3.63) is 64.3 Å². The van der Waals surface area contributed by atoms with Crippen LogP contribution >= 0.6 is 24.2 Å². The van der Waals surface area contributed by atoms with Crippen LogP contribution in [0, 0.1) is 6.92 Å². The van der Waals surface area contributed by atoms with Gasteiger partial charge in [0.2, 0.25) is 5.91 Å². The number of rotatable bonds is 7. The molecule has 11 heteroatoms. The number of carbonyl (C=O) groups is 4. The molecule has 3 N–H and O–H groups in total. The molecule has 1 heterocycles. The first-order chi connectivity index (χ1) is 16.5. The van der Waals surface area contributed by atoms with Crippen molar-refractivity contribution in [2.24, 2.45) is 0 Å². The summed E-state index contributed by atoms with van der Waals surface area (Å²) in [5, 5.41) is 21.0. The molecule has 1 amide bonds. The molecule has 0 aliphatic rings. The average Bonchev–Trinajstić information content (AvgIpc) is 3.07. The predicted octanol–water partition coefficient (Wildman–Crippen LogP) is 3.43. The molecule has 0 saturated heterocycles. The largest absolute Gasteiger partial charge is 0.497 e. The fourth-order valence-corrected chi connectivity index (χ4v) is 3.75.